The van der Waals surface area contributed by atoms with Crippen LogP contribution in [0.4, 0.5) is 10.7 Å². The smallest absolute Gasteiger partial charge is 0.407 e. The van der Waals surface area contributed by atoms with Gasteiger partial charge in [0.25, 0.3) is 0 Å². The SMILES string of the molecule is Cc1cnc(NC2CCC(NC(=O)OC(C)(C)C)CC2)nc1. The largest absolute Gasteiger partial charge is 0.444 e. The van der Waals surface area contributed by atoms with Crippen molar-refractivity contribution in [2.75, 3.05) is 5.32 Å². The molecule has 1 aliphatic carbocycles. The summed E-state index contributed by atoms with van der Waals surface area (Å²) in [6.45, 7) is 7.58. The molecule has 1 fully saturated rings. The molecular formula is C16H26N4O2. The number of anilines is 1. The summed E-state index contributed by atoms with van der Waals surface area (Å²) < 4.78 is 5.29. The van der Waals surface area contributed by atoms with Gasteiger partial charge in [0.2, 0.25) is 5.95 Å². The van der Waals surface area contributed by atoms with Crippen LogP contribution in [-0.2, 0) is 4.74 Å². The highest BCUT2D eigenvalue weighted by Gasteiger charge is 2.24. The van der Waals surface area contributed by atoms with E-state index in [0.29, 0.717) is 12.0 Å². The molecule has 0 bridgehead atoms. The molecule has 0 unspecified atom stereocenters. The van der Waals surface area contributed by atoms with Gasteiger partial charge in [-0.05, 0) is 58.9 Å². The van der Waals surface area contributed by atoms with Crippen LogP contribution in [0.5, 0.6) is 0 Å². The minimum Gasteiger partial charge on any atom is -0.444 e. The maximum Gasteiger partial charge on any atom is 0.407 e. The van der Waals surface area contributed by atoms with Crippen molar-refractivity contribution in [3.63, 3.8) is 0 Å². The number of nitrogens with zero attached hydrogens (tertiary/aromatic N) is 2. The van der Waals surface area contributed by atoms with Crippen LogP contribution < -0.4 is 10.6 Å². The van der Waals surface area contributed by atoms with E-state index >= 15 is 0 Å². The number of carbonyl (C=O) groups excluding carboxylic acids is 1. The van der Waals surface area contributed by atoms with Gasteiger partial charge in [0.1, 0.15) is 5.60 Å². The average molecular weight is 306 g/mol. The molecule has 0 radical (unpaired) electrons. The number of hydrogen-bond acceptors (Lipinski definition) is 5. The fourth-order valence-corrected chi connectivity index (χ4v) is 2.51. The first-order valence-electron chi connectivity index (χ1n) is 7.86. The van der Waals surface area contributed by atoms with E-state index in [2.05, 4.69) is 20.6 Å². The lowest BCUT2D eigenvalue weighted by molar-refractivity contribution is 0.0492. The van der Waals surface area contributed by atoms with Crippen LogP contribution >= 0.6 is 0 Å². The third-order valence-corrected chi connectivity index (χ3v) is 3.56. The second-order valence-electron chi connectivity index (χ2n) is 6.92. The first-order chi connectivity index (χ1) is 10.3. The van der Waals surface area contributed by atoms with Gasteiger partial charge in [0.15, 0.2) is 0 Å². The fraction of sp³-hybridized carbons (Fsp3) is 0.688. The minimum absolute atomic E-state index is 0.187. The molecular weight excluding hydrogens is 280 g/mol. The summed E-state index contributed by atoms with van der Waals surface area (Å²) in [7, 11) is 0. The molecule has 0 atom stereocenters. The summed E-state index contributed by atoms with van der Waals surface area (Å²) in [5.41, 5.74) is 0.599. The highest BCUT2D eigenvalue weighted by molar-refractivity contribution is 5.68. The number of rotatable bonds is 3. The Kier molecular flexibility index (Phi) is 5.21. The van der Waals surface area contributed by atoms with Crippen molar-refractivity contribution >= 4 is 12.0 Å². The Labute approximate surface area is 132 Å². The van der Waals surface area contributed by atoms with Crippen molar-refractivity contribution in [2.24, 2.45) is 0 Å². The summed E-state index contributed by atoms with van der Waals surface area (Å²) >= 11 is 0. The van der Waals surface area contributed by atoms with Crippen LogP contribution in [0.25, 0.3) is 0 Å². The maximum atomic E-state index is 11.8. The molecule has 2 rings (SSSR count). The highest BCUT2D eigenvalue weighted by Crippen LogP contribution is 2.21. The van der Waals surface area contributed by atoms with Crippen molar-refractivity contribution in [3.8, 4) is 0 Å². The molecule has 1 amide bonds. The maximum absolute atomic E-state index is 11.8. The average Bonchev–Trinajstić information content (AvgIpc) is 2.41. The van der Waals surface area contributed by atoms with Gasteiger partial charge in [0, 0.05) is 24.5 Å². The Morgan fingerprint density at radius 1 is 1.14 bits per heavy atom. The summed E-state index contributed by atoms with van der Waals surface area (Å²) in [5.74, 6) is 0.675. The predicted molar refractivity (Wildman–Crippen MR) is 85.8 cm³/mol. The molecule has 22 heavy (non-hydrogen) atoms. The van der Waals surface area contributed by atoms with E-state index < -0.39 is 5.60 Å². The molecule has 1 aliphatic rings. The second-order valence-corrected chi connectivity index (χ2v) is 6.92. The fourth-order valence-electron chi connectivity index (χ4n) is 2.51. The van der Waals surface area contributed by atoms with Crippen LogP contribution in [0.15, 0.2) is 12.4 Å². The monoisotopic (exact) mass is 306 g/mol. The van der Waals surface area contributed by atoms with Gasteiger partial charge < -0.3 is 15.4 Å². The van der Waals surface area contributed by atoms with Gasteiger partial charge in [-0.2, -0.15) is 0 Å². The molecule has 1 aromatic rings. The first-order valence-corrected chi connectivity index (χ1v) is 7.86. The van der Waals surface area contributed by atoms with Crippen molar-refractivity contribution in [1.29, 1.82) is 0 Å². The number of ether oxygens (including phenoxy) is 1. The second kappa shape index (κ2) is 6.94. The normalized spacial score (nSPS) is 22.0. The zero-order chi connectivity index (χ0) is 16.2. The number of hydrogen-bond donors (Lipinski definition) is 2. The van der Waals surface area contributed by atoms with Gasteiger partial charge >= 0.3 is 6.09 Å². The van der Waals surface area contributed by atoms with Gasteiger partial charge in [-0.15, -0.1) is 0 Å². The molecule has 6 heteroatoms. The van der Waals surface area contributed by atoms with E-state index in [0.717, 1.165) is 31.2 Å². The van der Waals surface area contributed by atoms with Crippen LogP contribution in [0, 0.1) is 6.92 Å². The van der Waals surface area contributed by atoms with Crippen LogP contribution in [0.2, 0.25) is 0 Å². The third kappa shape index (κ3) is 5.50. The molecule has 2 N–H and O–H groups in total. The Bertz CT molecular complexity index is 488. The van der Waals surface area contributed by atoms with Crippen molar-refractivity contribution in [2.45, 2.75) is 71.1 Å². The molecule has 1 heterocycles. The number of aromatic nitrogens is 2. The summed E-state index contributed by atoms with van der Waals surface area (Å²) in [6.07, 6.45) is 7.13. The molecule has 6 nitrogen and oxygen atoms in total. The van der Waals surface area contributed by atoms with E-state index in [1.54, 1.807) is 0 Å². The highest BCUT2D eigenvalue weighted by atomic mass is 16.6. The summed E-state index contributed by atoms with van der Waals surface area (Å²) in [4.78, 5) is 20.3. The standard InChI is InChI=1S/C16H26N4O2/c1-11-9-17-14(18-10-11)19-12-5-7-13(8-6-12)20-15(21)22-16(2,3)4/h9-10,12-13H,5-8H2,1-4H3,(H,20,21)(H,17,18,19). The topological polar surface area (TPSA) is 76.1 Å². The minimum atomic E-state index is -0.453. The molecule has 0 aromatic carbocycles. The van der Waals surface area contributed by atoms with Gasteiger partial charge in [-0.25, -0.2) is 14.8 Å². The third-order valence-electron chi connectivity index (χ3n) is 3.56. The van der Waals surface area contributed by atoms with E-state index in [9.17, 15) is 4.79 Å². The van der Waals surface area contributed by atoms with E-state index in [-0.39, 0.29) is 12.1 Å². The van der Waals surface area contributed by atoms with E-state index in [1.807, 2.05) is 40.1 Å². The number of alkyl carbamates (subject to hydrolysis) is 1. The van der Waals surface area contributed by atoms with Gasteiger partial charge in [-0.3, -0.25) is 0 Å². The van der Waals surface area contributed by atoms with Crippen LogP contribution in [0.1, 0.15) is 52.0 Å². The number of amides is 1. The molecule has 122 valence electrons. The predicted octanol–water partition coefficient (Wildman–Crippen LogP) is 3.03. The number of aryl methyl sites for hydroxylation is 1. The lowest BCUT2D eigenvalue weighted by Crippen LogP contribution is -2.42. The van der Waals surface area contributed by atoms with Crippen molar-refractivity contribution < 1.29 is 9.53 Å². The van der Waals surface area contributed by atoms with Crippen molar-refractivity contribution in [3.05, 3.63) is 18.0 Å². The molecule has 0 aliphatic heterocycles. The Morgan fingerprint density at radius 3 is 2.23 bits per heavy atom. The van der Waals surface area contributed by atoms with Crippen LogP contribution in [0.3, 0.4) is 0 Å². The summed E-state index contributed by atoms with van der Waals surface area (Å²) in [6, 6.07) is 0.547. The molecule has 0 saturated heterocycles. The first kappa shape index (κ1) is 16.5. The number of nitrogens with one attached hydrogen (secondary N) is 2. The summed E-state index contributed by atoms with van der Waals surface area (Å²) in [5, 5.41) is 6.30. The van der Waals surface area contributed by atoms with Crippen molar-refractivity contribution in [1.82, 2.24) is 15.3 Å². The zero-order valence-corrected chi connectivity index (χ0v) is 13.8. The Balaban J connectivity index is 1.73. The van der Waals surface area contributed by atoms with E-state index in [4.69, 9.17) is 4.74 Å². The van der Waals surface area contributed by atoms with Gasteiger partial charge in [0.05, 0.1) is 0 Å². The quantitative estimate of drug-likeness (QED) is 0.897. The lowest BCUT2D eigenvalue weighted by atomic mass is 9.91. The Hall–Kier alpha value is -1.85. The number of carbonyl (C=O) groups is 1. The Morgan fingerprint density at radius 2 is 1.68 bits per heavy atom. The molecule has 1 saturated carbocycles. The lowest BCUT2D eigenvalue weighted by Gasteiger charge is -2.30. The molecule has 0 spiro atoms. The molecule has 1 aromatic heterocycles. The van der Waals surface area contributed by atoms with Crippen LogP contribution in [-0.4, -0.2) is 33.7 Å². The van der Waals surface area contributed by atoms with Gasteiger partial charge in [-0.1, -0.05) is 0 Å². The zero-order valence-electron chi connectivity index (χ0n) is 13.8. The van der Waals surface area contributed by atoms with E-state index in [1.165, 1.54) is 0 Å².